The molecule has 0 saturated heterocycles. The van der Waals surface area contributed by atoms with Gasteiger partial charge in [0.25, 0.3) is 0 Å². The van der Waals surface area contributed by atoms with Crippen LogP contribution in [0.5, 0.6) is 5.75 Å². The lowest BCUT2D eigenvalue weighted by molar-refractivity contribution is 0.0587. The van der Waals surface area contributed by atoms with E-state index in [0.29, 0.717) is 12.3 Å². The first-order valence-corrected chi connectivity index (χ1v) is 8.00. The minimum Gasteiger partial charge on any atom is -0.489 e. The summed E-state index contributed by atoms with van der Waals surface area (Å²) in [4.78, 5) is 12.0. The summed E-state index contributed by atoms with van der Waals surface area (Å²) in [6, 6.07) is 17.9. The number of ether oxygens (including phenoxy) is 2. The van der Waals surface area contributed by atoms with E-state index in [1.54, 1.807) is 0 Å². The molecule has 0 aliphatic heterocycles. The molecule has 4 nitrogen and oxygen atoms in total. The SMILES string of the molecule is COC(=O)c1cc2ccc(OCc3ccccc3)cc2n1C(C)C. The molecule has 4 heteroatoms. The Balaban J connectivity index is 1.94. The molecule has 0 spiro atoms. The van der Waals surface area contributed by atoms with Crippen LogP contribution >= 0.6 is 0 Å². The van der Waals surface area contributed by atoms with Gasteiger partial charge in [-0.15, -0.1) is 0 Å². The first-order valence-electron chi connectivity index (χ1n) is 8.00. The summed E-state index contributed by atoms with van der Waals surface area (Å²) in [6.07, 6.45) is 0. The Hall–Kier alpha value is -2.75. The third kappa shape index (κ3) is 3.13. The maximum Gasteiger partial charge on any atom is 0.354 e. The highest BCUT2D eigenvalue weighted by atomic mass is 16.5. The van der Waals surface area contributed by atoms with Crippen LogP contribution in [0, 0.1) is 0 Å². The number of carbonyl (C=O) groups excluding carboxylic acids is 1. The quantitative estimate of drug-likeness (QED) is 0.645. The highest BCUT2D eigenvalue weighted by Gasteiger charge is 2.18. The van der Waals surface area contributed by atoms with E-state index < -0.39 is 0 Å². The van der Waals surface area contributed by atoms with Gasteiger partial charge in [0.1, 0.15) is 18.1 Å². The van der Waals surface area contributed by atoms with Gasteiger partial charge in [-0.3, -0.25) is 0 Å². The highest BCUT2D eigenvalue weighted by molar-refractivity contribution is 5.96. The summed E-state index contributed by atoms with van der Waals surface area (Å²) >= 11 is 0. The van der Waals surface area contributed by atoms with E-state index in [9.17, 15) is 4.79 Å². The standard InChI is InChI=1S/C20H21NO3/c1-14(2)21-18-12-17(24-13-15-7-5-4-6-8-15)10-9-16(18)11-19(21)20(22)23-3/h4-12,14H,13H2,1-3H3. The topological polar surface area (TPSA) is 40.5 Å². The average Bonchev–Trinajstić information content (AvgIpc) is 2.99. The van der Waals surface area contributed by atoms with Crippen LogP contribution in [0.15, 0.2) is 54.6 Å². The maximum absolute atomic E-state index is 12.0. The predicted molar refractivity (Wildman–Crippen MR) is 94.4 cm³/mol. The van der Waals surface area contributed by atoms with Gasteiger partial charge in [0.05, 0.1) is 12.6 Å². The molecule has 24 heavy (non-hydrogen) atoms. The Bertz CT molecular complexity index is 850. The second-order valence-electron chi connectivity index (χ2n) is 5.98. The van der Waals surface area contributed by atoms with Gasteiger partial charge >= 0.3 is 5.97 Å². The summed E-state index contributed by atoms with van der Waals surface area (Å²) in [6.45, 7) is 4.60. The molecule has 0 radical (unpaired) electrons. The van der Waals surface area contributed by atoms with Crippen molar-refractivity contribution < 1.29 is 14.3 Å². The molecule has 1 heterocycles. The minimum absolute atomic E-state index is 0.140. The number of esters is 1. The minimum atomic E-state index is -0.327. The summed E-state index contributed by atoms with van der Waals surface area (Å²) in [7, 11) is 1.40. The van der Waals surface area contributed by atoms with Gasteiger partial charge in [-0.05, 0) is 37.6 Å². The zero-order valence-corrected chi connectivity index (χ0v) is 14.2. The van der Waals surface area contributed by atoms with E-state index in [2.05, 4.69) is 0 Å². The molecule has 0 atom stereocenters. The molecule has 0 amide bonds. The molecule has 0 bridgehead atoms. The molecule has 0 aliphatic carbocycles. The van der Waals surface area contributed by atoms with E-state index in [1.165, 1.54) is 7.11 Å². The Morgan fingerprint density at radius 2 is 1.83 bits per heavy atom. The number of nitrogens with zero attached hydrogens (tertiary/aromatic N) is 1. The maximum atomic E-state index is 12.0. The van der Waals surface area contributed by atoms with Crippen molar-refractivity contribution in [1.29, 1.82) is 0 Å². The second kappa shape index (κ2) is 6.79. The van der Waals surface area contributed by atoms with Crippen LogP contribution in [0.4, 0.5) is 0 Å². The fourth-order valence-electron chi connectivity index (χ4n) is 2.85. The van der Waals surface area contributed by atoms with Gasteiger partial charge in [-0.2, -0.15) is 0 Å². The molecule has 3 aromatic rings. The highest BCUT2D eigenvalue weighted by Crippen LogP contribution is 2.28. The predicted octanol–water partition coefficient (Wildman–Crippen LogP) is 4.59. The Labute approximate surface area is 141 Å². The number of benzene rings is 2. The fourth-order valence-corrected chi connectivity index (χ4v) is 2.85. The largest absolute Gasteiger partial charge is 0.489 e. The van der Waals surface area contributed by atoms with Crippen molar-refractivity contribution in [2.75, 3.05) is 7.11 Å². The normalized spacial score (nSPS) is 11.0. The summed E-state index contributed by atoms with van der Waals surface area (Å²) in [5.41, 5.74) is 2.64. The Morgan fingerprint density at radius 1 is 1.08 bits per heavy atom. The number of hydrogen-bond donors (Lipinski definition) is 0. The number of fused-ring (bicyclic) bond motifs is 1. The molecule has 1 aromatic heterocycles. The van der Waals surface area contributed by atoms with Crippen molar-refractivity contribution in [3.63, 3.8) is 0 Å². The van der Waals surface area contributed by atoms with Crippen molar-refractivity contribution >= 4 is 16.9 Å². The molecule has 0 saturated carbocycles. The smallest absolute Gasteiger partial charge is 0.354 e. The molecule has 0 aliphatic rings. The average molecular weight is 323 g/mol. The van der Waals surface area contributed by atoms with Crippen LogP contribution in [0.1, 0.15) is 35.9 Å². The van der Waals surface area contributed by atoms with Crippen LogP contribution < -0.4 is 4.74 Å². The first-order chi connectivity index (χ1) is 11.6. The lowest BCUT2D eigenvalue weighted by Gasteiger charge is -2.14. The third-order valence-electron chi connectivity index (χ3n) is 3.97. The molecule has 2 aromatic carbocycles. The summed E-state index contributed by atoms with van der Waals surface area (Å²) in [5.74, 6) is 0.453. The van der Waals surface area contributed by atoms with Crippen molar-refractivity contribution in [2.45, 2.75) is 26.5 Å². The van der Waals surface area contributed by atoms with Gasteiger partial charge < -0.3 is 14.0 Å². The number of methoxy groups -OCH3 is 1. The molecule has 124 valence electrons. The van der Waals surface area contributed by atoms with Crippen LogP contribution in [-0.2, 0) is 11.3 Å². The van der Waals surface area contributed by atoms with Crippen LogP contribution in [0.3, 0.4) is 0 Å². The zero-order chi connectivity index (χ0) is 17.1. The van der Waals surface area contributed by atoms with Crippen LogP contribution in [-0.4, -0.2) is 17.6 Å². The molecule has 0 N–H and O–H groups in total. The molecule has 3 rings (SSSR count). The monoisotopic (exact) mass is 323 g/mol. The third-order valence-corrected chi connectivity index (χ3v) is 3.97. The van der Waals surface area contributed by atoms with E-state index in [1.807, 2.05) is 73.0 Å². The fraction of sp³-hybridized carbons (Fsp3) is 0.250. The van der Waals surface area contributed by atoms with Gasteiger partial charge in [-0.1, -0.05) is 30.3 Å². The Morgan fingerprint density at radius 3 is 2.50 bits per heavy atom. The Kier molecular flexibility index (Phi) is 4.56. The second-order valence-corrected chi connectivity index (χ2v) is 5.98. The molecule has 0 unspecified atom stereocenters. The van der Waals surface area contributed by atoms with E-state index in [0.717, 1.165) is 22.2 Å². The number of aromatic nitrogens is 1. The van der Waals surface area contributed by atoms with Crippen LogP contribution in [0.25, 0.3) is 10.9 Å². The van der Waals surface area contributed by atoms with Gasteiger partial charge in [0.15, 0.2) is 0 Å². The zero-order valence-electron chi connectivity index (χ0n) is 14.2. The van der Waals surface area contributed by atoms with E-state index >= 15 is 0 Å². The van der Waals surface area contributed by atoms with Gasteiger partial charge in [-0.25, -0.2) is 4.79 Å². The molecular weight excluding hydrogens is 302 g/mol. The van der Waals surface area contributed by atoms with Crippen molar-refractivity contribution in [1.82, 2.24) is 4.57 Å². The summed E-state index contributed by atoms with van der Waals surface area (Å²) < 4.78 is 12.8. The number of carbonyl (C=O) groups is 1. The molecule has 0 fully saturated rings. The molecular formula is C20H21NO3. The van der Waals surface area contributed by atoms with Crippen molar-refractivity contribution in [2.24, 2.45) is 0 Å². The lowest BCUT2D eigenvalue weighted by atomic mass is 10.2. The van der Waals surface area contributed by atoms with E-state index in [4.69, 9.17) is 9.47 Å². The van der Waals surface area contributed by atoms with Gasteiger partial charge in [0, 0.05) is 17.5 Å². The van der Waals surface area contributed by atoms with Crippen LogP contribution in [0.2, 0.25) is 0 Å². The van der Waals surface area contributed by atoms with Crippen molar-refractivity contribution in [3.05, 3.63) is 65.9 Å². The summed E-state index contributed by atoms with van der Waals surface area (Å²) in [5, 5.41) is 0.996. The lowest BCUT2D eigenvalue weighted by Crippen LogP contribution is -2.12. The van der Waals surface area contributed by atoms with Gasteiger partial charge in [0.2, 0.25) is 0 Å². The number of hydrogen-bond acceptors (Lipinski definition) is 3. The van der Waals surface area contributed by atoms with E-state index in [-0.39, 0.29) is 12.0 Å². The first kappa shape index (κ1) is 16.1. The van der Waals surface area contributed by atoms with Crippen molar-refractivity contribution in [3.8, 4) is 5.75 Å². The number of rotatable bonds is 5.